The topological polar surface area (TPSA) is 49.4 Å². The van der Waals surface area contributed by atoms with Gasteiger partial charge in [0.1, 0.15) is 0 Å². The summed E-state index contributed by atoms with van der Waals surface area (Å²) in [6.45, 7) is 1.94. The highest BCUT2D eigenvalue weighted by molar-refractivity contribution is 6.34. The maximum atomic E-state index is 11.8. The van der Waals surface area contributed by atoms with Crippen molar-refractivity contribution in [2.45, 2.75) is 19.8 Å². The molecule has 0 saturated heterocycles. The Morgan fingerprint density at radius 1 is 1.33 bits per heavy atom. The summed E-state index contributed by atoms with van der Waals surface area (Å²) in [7, 11) is 3.32. The predicted molar refractivity (Wildman–Crippen MR) is 73.0 cm³/mol. The third kappa shape index (κ3) is 3.74. The minimum absolute atomic E-state index is 0.0553. The van der Waals surface area contributed by atoms with Crippen LogP contribution in [0.25, 0.3) is 0 Å². The fourth-order valence-corrected chi connectivity index (χ4v) is 1.72. The standard InChI is InChI=1S/C13H17ClN2O2/c1-4-5-12(17)15-9-6-7-10(11(14)8-9)13(18)16(2)3/h6-8H,4-5H2,1-3H3,(H,15,17). The van der Waals surface area contributed by atoms with Crippen LogP contribution in [-0.2, 0) is 4.79 Å². The molecular weight excluding hydrogens is 252 g/mol. The molecule has 2 amide bonds. The van der Waals surface area contributed by atoms with Crippen LogP contribution in [0.1, 0.15) is 30.1 Å². The molecule has 0 unspecified atom stereocenters. The highest BCUT2D eigenvalue weighted by Gasteiger charge is 2.13. The Morgan fingerprint density at radius 2 is 2.00 bits per heavy atom. The molecule has 0 heterocycles. The summed E-state index contributed by atoms with van der Waals surface area (Å²) in [5.41, 5.74) is 1.03. The van der Waals surface area contributed by atoms with E-state index in [0.29, 0.717) is 22.7 Å². The smallest absolute Gasteiger partial charge is 0.254 e. The van der Waals surface area contributed by atoms with Gasteiger partial charge in [-0.1, -0.05) is 18.5 Å². The Balaban J connectivity index is 2.86. The fraction of sp³-hybridized carbons (Fsp3) is 0.385. The first-order chi connectivity index (χ1) is 8.45. The van der Waals surface area contributed by atoms with Crippen molar-refractivity contribution in [1.82, 2.24) is 4.90 Å². The zero-order chi connectivity index (χ0) is 13.7. The van der Waals surface area contributed by atoms with Crippen LogP contribution in [0.4, 0.5) is 5.69 Å². The molecule has 1 aromatic rings. The number of benzene rings is 1. The van der Waals surface area contributed by atoms with Crippen molar-refractivity contribution in [1.29, 1.82) is 0 Å². The minimum Gasteiger partial charge on any atom is -0.345 e. The number of hydrogen-bond donors (Lipinski definition) is 1. The average Bonchev–Trinajstić information content (AvgIpc) is 2.28. The highest BCUT2D eigenvalue weighted by Crippen LogP contribution is 2.22. The molecule has 0 fully saturated rings. The summed E-state index contributed by atoms with van der Waals surface area (Å²) < 4.78 is 0. The van der Waals surface area contributed by atoms with Crippen molar-refractivity contribution in [2.24, 2.45) is 0 Å². The Kier molecular flexibility index (Phi) is 5.16. The third-order valence-electron chi connectivity index (χ3n) is 2.37. The van der Waals surface area contributed by atoms with Gasteiger partial charge >= 0.3 is 0 Å². The van der Waals surface area contributed by atoms with E-state index in [1.165, 1.54) is 4.90 Å². The Labute approximate surface area is 112 Å². The second kappa shape index (κ2) is 6.40. The zero-order valence-electron chi connectivity index (χ0n) is 10.8. The van der Waals surface area contributed by atoms with Crippen LogP contribution in [-0.4, -0.2) is 30.8 Å². The molecule has 0 aliphatic carbocycles. The molecule has 0 bridgehead atoms. The number of nitrogens with zero attached hydrogens (tertiary/aromatic N) is 1. The van der Waals surface area contributed by atoms with Crippen LogP contribution >= 0.6 is 11.6 Å². The largest absolute Gasteiger partial charge is 0.345 e. The molecule has 0 radical (unpaired) electrons. The number of hydrogen-bond acceptors (Lipinski definition) is 2. The van der Waals surface area contributed by atoms with Crippen LogP contribution in [0, 0.1) is 0 Å². The van der Waals surface area contributed by atoms with Gasteiger partial charge in [-0.15, -0.1) is 0 Å². The van der Waals surface area contributed by atoms with Crippen molar-refractivity contribution >= 4 is 29.1 Å². The maximum absolute atomic E-state index is 11.8. The lowest BCUT2D eigenvalue weighted by Crippen LogP contribution is -2.22. The summed E-state index contributed by atoms with van der Waals surface area (Å²) >= 11 is 6.03. The average molecular weight is 269 g/mol. The van der Waals surface area contributed by atoms with Crippen molar-refractivity contribution in [3.05, 3.63) is 28.8 Å². The normalized spacial score (nSPS) is 10.0. The summed E-state index contributed by atoms with van der Waals surface area (Å²) in [6.07, 6.45) is 1.26. The van der Waals surface area contributed by atoms with Gasteiger partial charge in [-0.3, -0.25) is 9.59 Å². The van der Waals surface area contributed by atoms with Gasteiger partial charge < -0.3 is 10.2 Å². The van der Waals surface area contributed by atoms with E-state index in [9.17, 15) is 9.59 Å². The Morgan fingerprint density at radius 3 is 2.50 bits per heavy atom. The van der Waals surface area contributed by atoms with Crippen LogP contribution in [0.15, 0.2) is 18.2 Å². The van der Waals surface area contributed by atoms with Gasteiger partial charge in [0.25, 0.3) is 5.91 Å². The van der Waals surface area contributed by atoms with Crippen LogP contribution in [0.2, 0.25) is 5.02 Å². The second-order valence-corrected chi connectivity index (χ2v) is 4.60. The lowest BCUT2D eigenvalue weighted by Gasteiger charge is -2.12. The van der Waals surface area contributed by atoms with Crippen LogP contribution < -0.4 is 5.32 Å². The molecule has 1 rings (SSSR count). The molecule has 0 saturated carbocycles. The first kappa shape index (κ1) is 14.5. The summed E-state index contributed by atoms with van der Waals surface area (Å²) in [4.78, 5) is 24.6. The number of carbonyl (C=O) groups excluding carboxylic acids is 2. The van der Waals surface area contributed by atoms with Gasteiger partial charge in [0.05, 0.1) is 10.6 Å². The SMILES string of the molecule is CCCC(=O)Nc1ccc(C(=O)N(C)C)c(Cl)c1. The minimum atomic E-state index is -0.161. The molecular formula is C13H17ClN2O2. The molecule has 0 aromatic heterocycles. The van der Waals surface area contributed by atoms with Gasteiger partial charge in [-0.2, -0.15) is 0 Å². The van der Waals surface area contributed by atoms with Gasteiger partial charge in [0, 0.05) is 26.2 Å². The quantitative estimate of drug-likeness (QED) is 0.913. The molecule has 98 valence electrons. The number of carbonyl (C=O) groups is 2. The molecule has 4 nitrogen and oxygen atoms in total. The Bertz CT molecular complexity index is 458. The van der Waals surface area contributed by atoms with E-state index in [1.807, 2.05) is 6.92 Å². The third-order valence-corrected chi connectivity index (χ3v) is 2.68. The fourth-order valence-electron chi connectivity index (χ4n) is 1.46. The zero-order valence-corrected chi connectivity index (χ0v) is 11.5. The lowest BCUT2D eigenvalue weighted by molar-refractivity contribution is -0.116. The number of anilines is 1. The first-order valence-electron chi connectivity index (χ1n) is 5.76. The highest BCUT2D eigenvalue weighted by atomic mass is 35.5. The first-order valence-corrected chi connectivity index (χ1v) is 6.14. The van der Waals surface area contributed by atoms with E-state index in [4.69, 9.17) is 11.6 Å². The lowest BCUT2D eigenvalue weighted by atomic mass is 10.2. The molecule has 5 heteroatoms. The van der Waals surface area contributed by atoms with Crippen LogP contribution in [0.5, 0.6) is 0 Å². The van der Waals surface area contributed by atoms with Crippen molar-refractivity contribution < 1.29 is 9.59 Å². The second-order valence-electron chi connectivity index (χ2n) is 4.19. The van der Waals surface area contributed by atoms with E-state index >= 15 is 0 Å². The predicted octanol–water partition coefficient (Wildman–Crippen LogP) is 2.78. The van der Waals surface area contributed by atoms with Crippen molar-refractivity contribution in [3.8, 4) is 0 Å². The molecule has 1 N–H and O–H groups in total. The molecule has 0 spiro atoms. The summed E-state index contributed by atoms with van der Waals surface area (Å²) in [6, 6.07) is 4.88. The van der Waals surface area contributed by atoms with Crippen molar-refractivity contribution in [3.63, 3.8) is 0 Å². The van der Waals surface area contributed by atoms with E-state index in [2.05, 4.69) is 5.32 Å². The van der Waals surface area contributed by atoms with E-state index in [0.717, 1.165) is 6.42 Å². The van der Waals surface area contributed by atoms with E-state index in [1.54, 1.807) is 32.3 Å². The number of halogens is 1. The number of nitrogens with one attached hydrogen (secondary N) is 1. The van der Waals surface area contributed by atoms with Gasteiger partial charge in [-0.05, 0) is 24.6 Å². The molecule has 0 aliphatic rings. The number of amides is 2. The van der Waals surface area contributed by atoms with Gasteiger partial charge in [0.15, 0.2) is 0 Å². The molecule has 0 atom stereocenters. The summed E-state index contributed by atoms with van der Waals surface area (Å²) in [5.74, 6) is -0.216. The molecule has 0 aliphatic heterocycles. The summed E-state index contributed by atoms with van der Waals surface area (Å²) in [5, 5.41) is 3.07. The van der Waals surface area contributed by atoms with Gasteiger partial charge in [-0.25, -0.2) is 0 Å². The molecule has 18 heavy (non-hydrogen) atoms. The monoisotopic (exact) mass is 268 g/mol. The van der Waals surface area contributed by atoms with Crippen molar-refractivity contribution in [2.75, 3.05) is 19.4 Å². The van der Waals surface area contributed by atoms with E-state index < -0.39 is 0 Å². The molecule has 1 aromatic carbocycles. The van der Waals surface area contributed by atoms with Gasteiger partial charge in [0.2, 0.25) is 5.91 Å². The number of rotatable bonds is 4. The maximum Gasteiger partial charge on any atom is 0.254 e. The van der Waals surface area contributed by atoms with E-state index in [-0.39, 0.29) is 11.8 Å². The van der Waals surface area contributed by atoms with Crippen LogP contribution in [0.3, 0.4) is 0 Å². The Hall–Kier alpha value is -1.55.